The van der Waals surface area contributed by atoms with E-state index in [1.165, 1.54) is 17.9 Å². The largest absolute Gasteiger partial charge is 0.320 e. The van der Waals surface area contributed by atoms with E-state index >= 15 is 0 Å². The van der Waals surface area contributed by atoms with Crippen LogP contribution in [0.25, 0.3) is 5.82 Å². The molecule has 0 radical (unpaired) electrons. The second kappa shape index (κ2) is 10.1. The summed E-state index contributed by atoms with van der Waals surface area (Å²) in [5, 5.41) is 8.01. The number of benzene rings is 1. The Morgan fingerprint density at radius 2 is 1.91 bits per heavy atom. The first kappa shape index (κ1) is 23.7. The van der Waals surface area contributed by atoms with Gasteiger partial charge in [-0.15, -0.1) is 5.59 Å². The Morgan fingerprint density at radius 3 is 2.56 bits per heavy atom. The molecule has 3 aromatic rings. The summed E-state index contributed by atoms with van der Waals surface area (Å²) >= 11 is 12.4. The van der Waals surface area contributed by atoms with E-state index in [4.69, 9.17) is 23.2 Å². The van der Waals surface area contributed by atoms with Crippen LogP contribution in [0.5, 0.6) is 0 Å². The lowest BCUT2D eigenvalue weighted by Crippen LogP contribution is -2.37. The van der Waals surface area contributed by atoms with E-state index in [0.29, 0.717) is 32.8 Å². The predicted molar refractivity (Wildman–Crippen MR) is 122 cm³/mol. The number of nitrogens with one attached hydrogen (secondary N) is 3. The molecule has 0 fully saturated rings. The van der Waals surface area contributed by atoms with Crippen LogP contribution < -0.4 is 16.3 Å². The van der Waals surface area contributed by atoms with Crippen molar-refractivity contribution in [2.45, 2.75) is 26.7 Å². The summed E-state index contributed by atoms with van der Waals surface area (Å²) < 4.78 is 1.39. The molecule has 0 spiro atoms. The SMILES string of the molecule is CONNC(=O)c1cc(Cl)cc(C)c1NC(=O)c1cc(C(C)C)nn1-c1ncccc1Cl. The van der Waals surface area contributed by atoms with E-state index in [1.54, 1.807) is 37.4 Å². The van der Waals surface area contributed by atoms with Crippen molar-refractivity contribution >= 4 is 40.7 Å². The van der Waals surface area contributed by atoms with Crippen molar-refractivity contribution in [2.75, 3.05) is 12.4 Å². The fourth-order valence-electron chi connectivity index (χ4n) is 2.97. The van der Waals surface area contributed by atoms with Gasteiger partial charge in [-0.1, -0.05) is 37.0 Å². The van der Waals surface area contributed by atoms with Crippen LogP contribution in [0.15, 0.2) is 36.5 Å². The number of halogens is 2. The lowest BCUT2D eigenvalue weighted by molar-refractivity contribution is 0.0459. The van der Waals surface area contributed by atoms with Gasteiger partial charge in [0.05, 0.1) is 29.1 Å². The van der Waals surface area contributed by atoms with Gasteiger partial charge in [-0.3, -0.25) is 19.9 Å². The van der Waals surface area contributed by atoms with E-state index in [9.17, 15) is 9.59 Å². The number of hydrogen-bond donors (Lipinski definition) is 3. The maximum absolute atomic E-state index is 13.3. The normalized spacial score (nSPS) is 11.0. The Balaban J connectivity index is 2.05. The van der Waals surface area contributed by atoms with Crippen LogP contribution in [0.1, 0.15) is 51.9 Å². The van der Waals surface area contributed by atoms with Crippen molar-refractivity contribution in [1.82, 2.24) is 25.8 Å². The number of carbonyl (C=O) groups is 2. The van der Waals surface area contributed by atoms with Crippen LogP contribution in [0, 0.1) is 6.92 Å². The third kappa shape index (κ3) is 5.08. The summed E-state index contributed by atoms with van der Waals surface area (Å²) in [6, 6.07) is 8.11. The Bertz CT molecular complexity index is 1160. The fraction of sp³-hybridized carbons (Fsp3) is 0.238. The van der Waals surface area contributed by atoms with Gasteiger partial charge in [0.15, 0.2) is 5.82 Å². The number of pyridine rings is 1. The number of amides is 2. The summed E-state index contributed by atoms with van der Waals surface area (Å²) in [5.41, 5.74) is 6.55. The first-order valence-electron chi connectivity index (χ1n) is 9.63. The number of nitrogens with zero attached hydrogens (tertiary/aromatic N) is 3. The molecule has 32 heavy (non-hydrogen) atoms. The molecule has 1 aromatic carbocycles. The van der Waals surface area contributed by atoms with Crippen molar-refractivity contribution in [3.8, 4) is 5.82 Å². The minimum Gasteiger partial charge on any atom is -0.320 e. The quantitative estimate of drug-likeness (QED) is 0.443. The molecule has 2 amide bonds. The maximum Gasteiger partial charge on any atom is 0.274 e. The smallest absolute Gasteiger partial charge is 0.274 e. The monoisotopic (exact) mass is 476 g/mol. The zero-order valence-corrected chi connectivity index (χ0v) is 19.4. The standard InChI is InChI=1S/C21H22Cl2N6O3/c1-11(2)16-10-17(29(27-16)19-15(23)6-5-7-24-19)21(31)25-18-12(3)8-13(22)9-14(18)20(30)26-28-32-4/h5-11,28H,1-4H3,(H,25,31)(H,26,30). The Hall–Kier alpha value is -2.98. The highest BCUT2D eigenvalue weighted by atomic mass is 35.5. The molecular weight excluding hydrogens is 455 g/mol. The number of hydrazine groups is 1. The molecule has 0 aliphatic carbocycles. The molecular formula is C21H22Cl2N6O3. The van der Waals surface area contributed by atoms with Crippen LogP contribution in [0.3, 0.4) is 0 Å². The molecule has 168 valence electrons. The van der Waals surface area contributed by atoms with Gasteiger partial charge < -0.3 is 5.32 Å². The van der Waals surface area contributed by atoms with E-state index in [0.717, 1.165) is 0 Å². The molecule has 9 nitrogen and oxygen atoms in total. The Labute approximate surface area is 195 Å². The highest BCUT2D eigenvalue weighted by molar-refractivity contribution is 6.32. The lowest BCUT2D eigenvalue weighted by atomic mass is 10.1. The van der Waals surface area contributed by atoms with Crippen molar-refractivity contribution in [3.05, 3.63) is 69.1 Å². The number of rotatable bonds is 7. The van der Waals surface area contributed by atoms with E-state index in [2.05, 4.69) is 31.3 Å². The minimum absolute atomic E-state index is 0.0593. The van der Waals surface area contributed by atoms with Crippen LogP contribution >= 0.6 is 23.2 Å². The number of carbonyl (C=O) groups excluding carboxylic acids is 2. The van der Waals surface area contributed by atoms with Gasteiger partial charge in [0.1, 0.15) is 5.69 Å². The summed E-state index contributed by atoms with van der Waals surface area (Å²) in [5.74, 6) is -0.660. The first-order valence-corrected chi connectivity index (χ1v) is 10.4. The molecule has 3 rings (SSSR count). The summed E-state index contributed by atoms with van der Waals surface area (Å²) in [6.07, 6.45) is 1.56. The Kier molecular flexibility index (Phi) is 7.47. The topological polar surface area (TPSA) is 110 Å². The van der Waals surface area contributed by atoms with Crippen LogP contribution in [0.2, 0.25) is 10.0 Å². The van der Waals surface area contributed by atoms with Gasteiger partial charge in [-0.05, 0) is 48.7 Å². The van der Waals surface area contributed by atoms with Gasteiger partial charge in [0.2, 0.25) is 0 Å². The zero-order valence-electron chi connectivity index (χ0n) is 17.9. The number of aromatic nitrogens is 3. The molecule has 0 saturated carbocycles. The average molecular weight is 477 g/mol. The fourth-order valence-corrected chi connectivity index (χ4v) is 3.44. The molecule has 0 bridgehead atoms. The van der Waals surface area contributed by atoms with Crippen LogP contribution in [-0.4, -0.2) is 33.7 Å². The highest BCUT2D eigenvalue weighted by Crippen LogP contribution is 2.28. The van der Waals surface area contributed by atoms with Crippen LogP contribution in [0.4, 0.5) is 5.69 Å². The van der Waals surface area contributed by atoms with Gasteiger partial charge in [0.25, 0.3) is 11.8 Å². The molecule has 0 saturated heterocycles. The third-order valence-corrected chi connectivity index (χ3v) is 5.06. The van der Waals surface area contributed by atoms with E-state index < -0.39 is 11.8 Å². The second-order valence-electron chi connectivity index (χ2n) is 7.19. The van der Waals surface area contributed by atoms with Gasteiger partial charge >= 0.3 is 0 Å². The first-order chi connectivity index (χ1) is 15.2. The lowest BCUT2D eigenvalue weighted by Gasteiger charge is -2.15. The van der Waals surface area contributed by atoms with Crippen molar-refractivity contribution in [1.29, 1.82) is 0 Å². The van der Waals surface area contributed by atoms with Crippen molar-refractivity contribution in [3.63, 3.8) is 0 Å². The molecule has 3 N–H and O–H groups in total. The highest BCUT2D eigenvalue weighted by Gasteiger charge is 2.23. The maximum atomic E-state index is 13.3. The minimum atomic E-state index is -0.545. The molecule has 2 heterocycles. The zero-order chi connectivity index (χ0) is 23.4. The van der Waals surface area contributed by atoms with Crippen LogP contribution in [-0.2, 0) is 4.84 Å². The molecule has 0 aliphatic rings. The second-order valence-corrected chi connectivity index (χ2v) is 8.03. The summed E-state index contributed by atoms with van der Waals surface area (Å²) in [6.45, 7) is 5.65. The number of hydrogen-bond acceptors (Lipinski definition) is 6. The molecule has 0 atom stereocenters. The van der Waals surface area contributed by atoms with Gasteiger partial charge in [0, 0.05) is 11.2 Å². The molecule has 0 unspecified atom stereocenters. The predicted octanol–water partition coefficient (Wildman–Crippen LogP) is 4.05. The van der Waals surface area contributed by atoms with E-state index in [1.807, 2.05) is 13.8 Å². The average Bonchev–Trinajstić information content (AvgIpc) is 3.19. The molecule has 11 heteroatoms. The van der Waals surface area contributed by atoms with Gasteiger partial charge in [-0.25, -0.2) is 9.67 Å². The van der Waals surface area contributed by atoms with Crippen molar-refractivity contribution in [2.24, 2.45) is 0 Å². The third-order valence-electron chi connectivity index (χ3n) is 4.54. The van der Waals surface area contributed by atoms with Gasteiger partial charge in [-0.2, -0.15) is 5.10 Å². The summed E-state index contributed by atoms with van der Waals surface area (Å²) in [7, 11) is 1.35. The summed E-state index contributed by atoms with van der Waals surface area (Å²) in [4.78, 5) is 34.8. The number of aryl methyl sites for hydroxylation is 1. The Morgan fingerprint density at radius 1 is 1.16 bits per heavy atom. The van der Waals surface area contributed by atoms with E-state index in [-0.39, 0.29) is 17.2 Å². The molecule has 2 aromatic heterocycles. The number of anilines is 1. The van der Waals surface area contributed by atoms with Crippen molar-refractivity contribution < 1.29 is 14.4 Å². The molecule has 0 aliphatic heterocycles.